The van der Waals surface area contributed by atoms with Gasteiger partial charge in [-0.05, 0) is 48.2 Å². The van der Waals surface area contributed by atoms with Crippen LogP contribution < -0.4 is 14.8 Å². The number of carbonyl (C=O) groups excluding carboxylic acids is 1. The Kier molecular flexibility index (Phi) is 8.02. The highest BCUT2D eigenvalue weighted by atomic mass is 32.2. The second-order valence-electron chi connectivity index (χ2n) is 6.77. The zero-order chi connectivity index (χ0) is 20.6. The van der Waals surface area contributed by atoms with E-state index in [4.69, 9.17) is 4.74 Å². The van der Waals surface area contributed by atoms with Crippen molar-refractivity contribution in [3.8, 4) is 5.75 Å². The first-order valence-electron chi connectivity index (χ1n) is 9.30. The van der Waals surface area contributed by atoms with Crippen LogP contribution in [-0.4, -0.2) is 27.7 Å². The summed E-state index contributed by atoms with van der Waals surface area (Å²) in [5, 5.41) is 2.84. The Morgan fingerprint density at radius 3 is 2.25 bits per heavy atom. The smallest absolute Gasteiger partial charge is 0.226 e. The lowest BCUT2D eigenvalue weighted by atomic mass is 10.0. The molecule has 2 rings (SSSR count). The van der Waals surface area contributed by atoms with Crippen molar-refractivity contribution >= 4 is 21.6 Å². The van der Waals surface area contributed by atoms with E-state index in [9.17, 15) is 13.2 Å². The van der Waals surface area contributed by atoms with Gasteiger partial charge in [-0.25, -0.2) is 13.1 Å². The van der Waals surface area contributed by atoms with Gasteiger partial charge in [-0.3, -0.25) is 4.79 Å². The molecule has 1 amide bonds. The Hall–Kier alpha value is -2.38. The molecule has 2 aromatic carbocycles. The van der Waals surface area contributed by atoms with Crippen LogP contribution in [0.1, 0.15) is 43.4 Å². The van der Waals surface area contributed by atoms with Gasteiger partial charge in [-0.2, -0.15) is 0 Å². The van der Waals surface area contributed by atoms with Crippen molar-refractivity contribution < 1.29 is 17.9 Å². The average Bonchev–Trinajstić information content (AvgIpc) is 2.66. The number of methoxy groups -OCH3 is 1. The molecule has 1 unspecified atom stereocenters. The molecule has 6 nitrogen and oxygen atoms in total. The molecule has 0 aliphatic heterocycles. The number of benzene rings is 2. The average molecular weight is 405 g/mol. The number of aryl methyl sites for hydroxylation is 1. The molecule has 2 aromatic rings. The zero-order valence-electron chi connectivity index (χ0n) is 16.6. The molecule has 0 saturated carbocycles. The highest BCUT2D eigenvalue weighted by Crippen LogP contribution is 2.22. The summed E-state index contributed by atoms with van der Waals surface area (Å²) >= 11 is 0. The number of rotatable bonds is 10. The third-order valence-corrected chi connectivity index (χ3v) is 5.03. The van der Waals surface area contributed by atoms with Crippen molar-refractivity contribution in [2.75, 3.05) is 18.7 Å². The molecule has 0 aliphatic carbocycles. The van der Waals surface area contributed by atoms with Gasteiger partial charge >= 0.3 is 0 Å². The van der Waals surface area contributed by atoms with E-state index in [1.54, 1.807) is 31.4 Å². The number of carbonyl (C=O) groups is 1. The van der Waals surface area contributed by atoms with Crippen molar-refractivity contribution in [3.63, 3.8) is 0 Å². The number of sulfonamides is 1. The van der Waals surface area contributed by atoms with Gasteiger partial charge in [0.1, 0.15) is 5.75 Å². The second kappa shape index (κ2) is 10.2. The molecule has 2 N–H and O–H groups in total. The third-order valence-electron chi connectivity index (χ3n) is 4.32. The number of anilines is 1. The standard InChI is InChI=1S/C21H28N2O4S/c1-4-5-6-16-7-11-18(12-8-16)22-21(24)15-20(23-28(3,25)26)17-9-13-19(27-2)14-10-17/h7-14,20,23H,4-6,15H2,1-3H3,(H,22,24). The van der Waals surface area contributed by atoms with Crippen molar-refractivity contribution in [1.82, 2.24) is 4.72 Å². The van der Waals surface area contributed by atoms with Gasteiger partial charge in [0.2, 0.25) is 15.9 Å². The molecule has 0 saturated heterocycles. The molecule has 152 valence electrons. The van der Waals surface area contributed by atoms with Crippen molar-refractivity contribution in [2.45, 2.75) is 38.6 Å². The molecule has 28 heavy (non-hydrogen) atoms. The van der Waals surface area contributed by atoms with Gasteiger partial charge in [0, 0.05) is 12.1 Å². The zero-order valence-corrected chi connectivity index (χ0v) is 17.4. The SMILES string of the molecule is CCCCc1ccc(NC(=O)CC(NS(C)(=O)=O)c2ccc(OC)cc2)cc1. The Morgan fingerprint density at radius 2 is 1.71 bits per heavy atom. The number of amides is 1. The summed E-state index contributed by atoms with van der Waals surface area (Å²) in [7, 11) is -1.92. The molecule has 0 radical (unpaired) electrons. The van der Waals surface area contributed by atoms with E-state index in [2.05, 4.69) is 17.0 Å². The lowest BCUT2D eigenvalue weighted by Gasteiger charge is -2.18. The van der Waals surface area contributed by atoms with Crippen molar-refractivity contribution in [2.24, 2.45) is 0 Å². The van der Waals surface area contributed by atoms with Crippen LogP contribution in [0.5, 0.6) is 5.75 Å². The van der Waals surface area contributed by atoms with Crippen LogP contribution in [0.2, 0.25) is 0 Å². The first-order valence-corrected chi connectivity index (χ1v) is 11.2. The number of hydrogen-bond donors (Lipinski definition) is 2. The van der Waals surface area contributed by atoms with Gasteiger partial charge in [0.05, 0.1) is 19.4 Å². The fourth-order valence-corrected chi connectivity index (χ4v) is 3.59. The molecule has 1 atom stereocenters. The van der Waals surface area contributed by atoms with E-state index >= 15 is 0 Å². The molecule has 0 bridgehead atoms. The largest absolute Gasteiger partial charge is 0.497 e. The summed E-state index contributed by atoms with van der Waals surface area (Å²) in [6.07, 6.45) is 4.35. The summed E-state index contributed by atoms with van der Waals surface area (Å²) in [5.41, 5.74) is 2.61. The minimum atomic E-state index is -3.48. The van der Waals surface area contributed by atoms with Gasteiger partial charge in [-0.1, -0.05) is 37.6 Å². The predicted molar refractivity (Wildman–Crippen MR) is 112 cm³/mol. The third kappa shape index (κ3) is 7.32. The molecule has 0 spiro atoms. The van der Waals surface area contributed by atoms with E-state index in [-0.39, 0.29) is 12.3 Å². The number of ether oxygens (including phenoxy) is 1. The molecule has 0 fully saturated rings. The predicted octanol–water partition coefficient (Wildman–Crippen LogP) is 3.66. The number of nitrogens with one attached hydrogen (secondary N) is 2. The first-order chi connectivity index (χ1) is 13.3. The van der Waals surface area contributed by atoms with Crippen LogP contribution >= 0.6 is 0 Å². The Morgan fingerprint density at radius 1 is 1.07 bits per heavy atom. The van der Waals surface area contributed by atoms with Gasteiger partial charge in [0.25, 0.3) is 0 Å². The molecular weight excluding hydrogens is 376 g/mol. The quantitative estimate of drug-likeness (QED) is 0.633. The molecule has 0 aromatic heterocycles. The van der Waals surface area contributed by atoms with Crippen LogP contribution in [0, 0.1) is 0 Å². The summed E-state index contributed by atoms with van der Waals surface area (Å²) in [6, 6.07) is 14.0. The highest BCUT2D eigenvalue weighted by molar-refractivity contribution is 7.88. The lowest BCUT2D eigenvalue weighted by Crippen LogP contribution is -2.30. The monoisotopic (exact) mass is 404 g/mol. The number of unbranched alkanes of at least 4 members (excludes halogenated alkanes) is 1. The van der Waals surface area contributed by atoms with E-state index in [0.29, 0.717) is 17.0 Å². The Labute approximate surface area is 167 Å². The van der Waals surface area contributed by atoms with Crippen LogP contribution in [0.25, 0.3) is 0 Å². The number of hydrogen-bond acceptors (Lipinski definition) is 4. The van der Waals surface area contributed by atoms with Gasteiger partial charge in [0.15, 0.2) is 0 Å². The lowest BCUT2D eigenvalue weighted by molar-refractivity contribution is -0.116. The van der Waals surface area contributed by atoms with Crippen molar-refractivity contribution in [3.05, 3.63) is 59.7 Å². The van der Waals surface area contributed by atoms with E-state index in [0.717, 1.165) is 25.5 Å². The fraction of sp³-hybridized carbons (Fsp3) is 0.381. The normalized spacial score (nSPS) is 12.4. The first kappa shape index (κ1) is 21.9. The Bertz CT molecular complexity index is 862. The van der Waals surface area contributed by atoms with Crippen molar-refractivity contribution in [1.29, 1.82) is 0 Å². The molecule has 0 heterocycles. The minimum absolute atomic E-state index is 0.0169. The fourth-order valence-electron chi connectivity index (χ4n) is 2.86. The van der Waals surface area contributed by atoms with E-state index in [1.165, 1.54) is 5.56 Å². The minimum Gasteiger partial charge on any atom is -0.497 e. The van der Waals surface area contributed by atoms with E-state index < -0.39 is 16.1 Å². The highest BCUT2D eigenvalue weighted by Gasteiger charge is 2.20. The summed E-state index contributed by atoms with van der Waals surface area (Å²) < 4.78 is 31.1. The van der Waals surface area contributed by atoms with Crippen LogP contribution in [0.4, 0.5) is 5.69 Å². The Balaban J connectivity index is 2.06. The van der Waals surface area contributed by atoms with Crippen LogP contribution in [0.3, 0.4) is 0 Å². The maximum absolute atomic E-state index is 12.5. The molecule has 7 heteroatoms. The topological polar surface area (TPSA) is 84.5 Å². The summed E-state index contributed by atoms with van der Waals surface area (Å²) in [5.74, 6) is 0.396. The van der Waals surface area contributed by atoms with Gasteiger partial charge in [-0.15, -0.1) is 0 Å². The maximum atomic E-state index is 12.5. The van der Waals surface area contributed by atoms with E-state index in [1.807, 2.05) is 24.3 Å². The summed E-state index contributed by atoms with van der Waals surface area (Å²) in [6.45, 7) is 2.15. The second-order valence-corrected chi connectivity index (χ2v) is 8.55. The molecular formula is C21H28N2O4S. The maximum Gasteiger partial charge on any atom is 0.226 e. The van der Waals surface area contributed by atoms with Gasteiger partial charge < -0.3 is 10.1 Å². The molecule has 0 aliphatic rings. The summed E-state index contributed by atoms with van der Waals surface area (Å²) in [4.78, 5) is 12.5. The van der Waals surface area contributed by atoms with Crippen LogP contribution in [-0.2, 0) is 21.2 Å². The van der Waals surface area contributed by atoms with Crippen LogP contribution in [0.15, 0.2) is 48.5 Å².